The number of hydrogen-bond acceptors (Lipinski definition) is 3. The third-order valence-electron chi connectivity index (χ3n) is 2.98. The number of aromatic amines is 1. The molecule has 100 valence electrons. The molecule has 5 nitrogen and oxygen atoms in total. The summed E-state index contributed by atoms with van der Waals surface area (Å²) in [5.41, 5.74) is 7.60. The Bertz CT molecular complexity index is 519. The highest BCUT2D eigenvalue weighted by molar-refractivity contribution is 5.78. The van der Waals surface area contributed by atoms with E-state index < -0.39 is 0 Å². The molecule has 19 heavy (non-hydrogen) atoms. The minimum absolute atomic E-state index is 0.0666. The van der Waals surface area contributed by atoms with Gasteiger partial charge in [0.2, 0.25) is 5.91 Å². The third kappa shape index (κ3) is 3.66. The number of carbonyl (C=O) groups excluding carboxylic acids is 1. The number of rotatable bonds is 5. The molecule has 0 saturated carbocycles. The van der Waals surface area contributed by atoms with Crippen molar-refractivity contribution in [2.75, 3.05) is 7.05 Å². The SMILES string of the molecule is CN(Cc1ncc[nH]1)C(=O)Cc1ccc(CN)cc1. The van der Waals surface area contributed by atoms with Crippen LogP contribution < -0.4 is 5.73 Å². The summed E-state index contributed by atoms with van der Waals surface area (Å²) in [6.45, 7) is 1.01. The van der Waals surface area contributed by atoms with E-state index in [2.05, 4.69) is 9.97 Å². The van der Waals surface area contributed by atoms with Crippen molar-refractivity contribution >= 4 is 5.91 Å². The van der Waals surface area contributed by atoms with Crippen LogP contribution in [-0.2, 0) is 24.3 Å². The fraction of sp³-hybridized carbons (Fsp3) is 0.286. The smallest absolute Gasteiger partial charge is 0.227 e. The Balaban J connectivity index is 1.92. The lowest BCUT2D eigenvalue weighted by atomic mass is 10.1. The zero-order chi connectivity index (χ0) is 13.7. The van der Waals surface area contributed by atoms with Crippen molar-refractivity contribution in [3.63, 3.8) is 0 Å². The van der Waals surface area contributed by atoms with E-state index in [1.54, 1.807) is 24.3 Å². The maximum Gasteiger partial charge on any atom is 0.227 e. The van der Waals surface area contributed by atoms with E-state index in [4.69, 9.17) is 5.73 Å². The van der Waals surface area contributed by atoms with Crippen LogP contribution in [0.1, 0.15) is 17.0 Å². The number of H-pyrrole nitrogens is 1. The van der Waals surface area contributed by atoms with Gasteiger partial charge in [-0.1, -0.05) is 24.3 Å². The van der Waals surface area contributed by atoms with Crippen LogP contribution in [0.25, 0.3) is 0 Å². The molecule has 1 aromatic carbocycles. The summed E-state index contributed by atoms with van der Waals surface area (Å²) in [7, 11) is 1.78. The molecule has 1 amide bonds. The number of aromatic nitrogens is 2. The van der Waals surface area contributed by atoms with E-state index in [0.717, 1.165) is 17.0 Å². The molecule has 1 heterocycles. The number of nitrogens with zero attached hydrogens (tertiary/aromatic N) is 2. The first-order valence-corrected chi connectivity index (χ1v) is 6.19. The Hall–Kier alpha value is -2.14. The van der Waals surface area contributed by atoms with Gasteiger partial charge in [-0.05, 0) is 11.1 Å². The number of carbonyl (C=O) groups is 1. The summed E-state index contributed by atoms with van der Waals surface area (Å²) in [4.78, 5) is 20.8. The predicted molar refractivity (Wildman–Crippen MR) is 73.1 cm³/mol. The van der Waals surface area contributed by atoms with Gasteiger partial charge in [0.05, 0.1) is 13.0 Å². The number of nitrogens with one attached hydrogen (secondary N) is 1. The molecule has 0 bridgehead atoms. The van der Waals surface area contributed by atoms with Gasteiger partial charge < -0.3 is 15.6 Å². The first-order valence-electron chi connectivity index (χ1n) is 6.19. The van der Waals surface area contributed by atoms with Gasteiger partial charge in [-0.2, -0.15) is 0 Å². The second-order valence-electron chi connectivity index (χ2n) is 4.48. The molecular formula is C14H18N4O. The van der Waals surface area contributed by atoms with Crippen LogP contribution in [0.15, 0.2) is 36.7 Å². The van der Waals surface area contributed by atoms with Crippen molar-refractivity contribution in [2.45, 2.75) is 19.5 Å². The fourth-order valence-electron chi connectivity index (χ4n) is 1.80. The molecule has 1 aromatic heterocycles. The Morgan fingerprint density at radius 2 is 2.00 bits per heavy atom. The number of benzene rings is 1. The molecular weight excluding hydrogens is 240 g/mol. The number of imidazole rings is 1. The van der Waals surface area contributed by atoms with Gasteiger partial charge in [-0.25, -0.2) is 4.98 Å². The molecule has 0 aliphatic carbocycles. The summed E-state index contributed by atoms with van der Waals surface area (Å²) in [5.74, 6) is 0.853. The Morgan fingerprint density at radius 1 is 1.32 bits per heavy atom. The van der Waals surface area contributed by atoms with Crippen molar-refractivity contribution in [1.82, 2.24) is 14.9 Å². The topological polar surface area (TPSA) is 75.0 Å². The summed E-state index contributed by atoms with van der Waals surface area (Å²) in [6, 6.07) is 7.80. The largest absolute Gasteiger partial charge is 0.347 e. The molecule has 2 rings (SSSR count). The van der Waals surface area contributed by atoms with E-state index in [1.165, 1.54) is 0 Å². The van der Waals surface area contributed by atoms with E-state index in [1.807, 2.05) is 24.3 Å². The van der Waals surface area contributed by atoms with Crippen molar-refractivity contribution in [3.05, 3.63) is 53.6 Å². The van der Waals surface area contributed by atoms with Crippen molar-refractivity contribution in [3.8, 4) is 0 Å². The van der Waals surface area contributed by atoms with Gasteiger partial charge in [0.25, 0.3) is 0 Å². The van der Waals surface area contributed by atoms with Gasteiger partial charge in [0.15, 0.2) is 0 Å². The Kier molecular flexibility index (Phi) is 4.30. The van der Waals surface area contributed by atoms with Crippen molar-refractivity contribution in [2.24, 2.45) is 5.73 Å². The molecule has 5 heteroatoms. The Morgan fingerprint density at radius 3 is 2.58 bits per heavy atom. The summed E-state index contributed by atoms with van der Waals surface area (Å²) in [6.07, 6.45) is 3.82. The highest BCUT2D eigenvalue weighted by Crippen LogP contribution is 2.07. The summed E-state index contributed by atoms with van der Waals surface area (Å²) >= 11 is 0. The molecule has 0 spiro atoms. The highest BCUT2D eigenvalue weighted by atomic mass is 16.2. The lowest BCUT2D eigenvalue weighted by molar-refractivity contribution is -0.129. The zero-order valence-corrected chi connectivity index (χ0v) is 11.0. The predicted octanol–water partition coefficient (Wildman–Crippen LogP) is 1.07. The molecule has 0 aliphatic rings. The van der Waals surface area contributed by atoms with Gasteiger partial charge in [0.1, 0.15) is 5.82 Å². The quantitative estimate of drug-likeness (QED) is 0.842. The lowest BCUT2D eigenvalue weighted by Gasteiger charge is -2.15. The maximum absolute atomic E-state index is 12.1. The molecule has 0 saturated heterocycles. The minimum Gasteiger partial charge on any atom is -0.347 e. The van der Waals surface area contributed by atoms with Crippen LogP contribution in [-0.4, -0.2) is 27.8 Å². The second kappa shape index (κ2) is 6.15. The second-order valence-corrected chi connectivity index (χ2v) is 4.48. The van der Waals surface area contributed by atoms with Crippen LogP contribution in [0.5, 0.6) is 0 Å². The van der Waals surface area contributed by atoms with Gasteiger partial charge in [0, 0.05) is 26.0 Å². The maximum atomic E-state index is 12.1. The standard InChI is InChI=1S/C14H18N4O/c1-18(10-13-16-6-7-17-13)14(19)8-11-2-4-12(9-15)5-3-11/h2-7H,8-10,15H2,1H3,(H,16,17). The average molecular weight is 258 g/mol. The van der Waals surface area contributed by atoms with Crippen LogP contribution in [0.3, 0.4) is 0 Å². The Labute approximate surface area is 112 Å². The molecule has 2 aromatic rings. The first-order chi connectivity index (χ1) is 9.19. The zero-order valence-electron chi connectivity index (χ0n) is 11.0. The molecule has 0 unspecified atom stereocenters. The summed E-state index contributed by atoms with van der Waals surface area (Å²) < 4.78 is 0. The van der Waals surface area contributed by atoms with Crippen molar-refractivity contribution in [1.29, 1.82) is 0 Å². The van der Waals surface area contributed by atoms with Crippen LogP contribution >= 0.6 is 0 Å². The van der Waals surface area contributed by atoms with Crippen LogP contribution in [0.4, 0.5) is 0 Å². The van der Waals surface area contributed by atoms with E-state index in [0.29, 0.717) is 19.5 Å². The van der Waals surface area contributed by atoms with E-state index >= 15 is 0 Å². The van der Waals surface area contributed by atoms with Gasteiger partial charge in [-0.15, -0.1) is 0 Å². The fourth-order valence-corrected chi connectivity index (χ4v) is 1.80. The third-order valence-corrected chi connectivity index (χ3v) is 2.98. The van der Waals surface area contributed by atoms with Gasteiger partial charge >= 0.3 is 0 Å². The lowest BCUT2D eigenvalue weighted by Crippen LogP contribution is -2.28. The number of nitrogens with two attached hydrogens (primary N) is 1. The van der Waals surface area contributed by atoms with Crippen LogP contribution in [0, 0.1) is 0 Å². The van der Waals surface area contributed by atoms with Crippen LogP contribution in [0.2, 0.25) is 0 Å². The molecule has 3 N–H and O–H groups in total. The first kappa shape index (κ1) is 13.3. The molecule has 0 radical (unpaired) electrons. The number of amides is 1. The molecule has 0 aliphatic heterocycles. The molecule has 0 fully saturated rings. The normalized spacial score (nSPS) is 10.4. The average Bonchev–Trinajstić information content (AvgIpc) is 2.92. The number of likely N-dealkylation sites (N-methyl/N-ethyl adjacent to an activating group) is 1. The highest BCUT2D eigenvalue weighted by Gasteiger charge is 2.11. The molecule has 0 atom stereocenters. The monoisotopic (exact) mass is 258 g/mol. The van der Waals surface area contributed by atoms with E-state index in [-0.39, 0.29) is 5.91 Å². The van der Waals surface area contributed by atoms with E-state index in [9.17, 15) is 4.79 Å². The number of hydrogen-bond donors (Lipinski definition) is 2. The minimum atomic E-state index is 0.0666. The van der Waals surface area contributed by atoms with Gasteiger partial charge in [-0.3, -0.25) is 4.79 Å². The summed E-state index contributed by atoms with van der Waals surface area (Å²) in [5, 5.41) is 0. The van der Waals surface area contributed by atoms with Crippen molar-refractivity contribution < 1.29 is 4.79 Å².